The molecule has 0 unspecified atom stereocenters. The van der Waals surface area contributed by atoms with Gasteiger partial charge in [-0.15, -0.1) is 0 Å². The van der Waals surface area contributed by atoms with Gasteiger partial charge in [0.1, 0.15) is 11.5 Å². The summed E-state index contributed by atoms with van der Waals surface area (Å²) < 4.78 is 106. The summed E-state index contributed by atoms with van der Waals surface area (Å²) in [6, 6.07) is 16.2. The summed E-state index contributed by atoms with van der Waals surface area (Å²) in [6.07, 6.45) is -7.97. The van der Waals surface area contributed by atoms with E-state index in [1.807, 2.05) is 12.1 Å². The molecule has 0 saturated heterocycles. The zero-order chi connectivity index (χ0) is 33.2. The van der Waals surface area contributed by atoms with Crippen LogP contribution in [0.5, 0.6) is 11.5 Å². The lowest BCUT2D eigenvalue weighted by Crippen LogP contribution is -2.29. The first kappa shape index (κ1) is 30.9. The number of phosphoric ester groups is 1. The molecule has 0 atom stereocenters. The maximum atomic E-state index is 13.9. The first-order valence-corrected chi connectivity index (χ1v) is 16.2. The average molecular weight is 659 g/mol. The zero-order valence-corrected chi connectivity index (χ0v) is 26.1. The smallest absolute Gasteiger partial charge is 0.394 e. The number of phosphoric acid groups is 1. The summed E-state index contributed by atoms with van der Waals surface area (Å²) in [4.78, 5) is 11.3. The summed E-state index contributed by atoms with van der Waals surface area (Å²) in [7, 11) is -4.97. The van der Waals surface area contributed by atoms with E-state index in [1.54, 1.807) is 12.1 Å². The normalized spacial score (nSPS) is 19.7. The molecule has 1 aliphatic heterocycles. The Bertz CT molecular complexity index is 1820. The maximum absolute atomic E-state index is 13.9. The van der Waals surface area contributed by atoms with E-state index in [1.165, 1.54) is 24.3 Å². The zero-order valence-electron chi connectivity index (χ0n) is 25.2. The fourth-order valence-corrected chi connectivity index (χ4v) is 8.93. The molecule has 2 aliphatic carbocycles. The van der Waals surface area contributed by atoms with E-state index in [0.717, 1.165) is 35.4 Å². The summed E-state index contributed by atoms with van der Waals surface area (Å²) in [5, 5.41) is 0. The molecule has 0 fully saturated rings. The minimum absolute atomic E-state index is 0.0721. The Morgan fingerprint density at radius 3 is 1.28 bits per heavy atom. The van der Waals surface area contributed by atoms with Crippen molar-refractivity contribution in [3.8, 4) is 33.8 Å². The molecule has 4 aromatic rings. The first-order chi connectivity index (χ1) is 21.2. The molecule has 3 aliphatic rings. The van der Waals surface area contributed by atoms with Crippen LogP contribution >= 0.6 is 7.82 Å². The number of hydrogen-bond donors (Lipinski definition) is 1. The van der Waals surface area contributed by atoms with Crippen molar-refractivity contribution in [3.63, 3.8) is 0 Å². The quantitative estimate of drug-likeness (QED) is 0.172. The van der Waals surface area contributed by atoms with Crippen LogP contribution in [-0.2, 0) is 33.2 Å². The molecule has 1 spiro atoms. The summed E-state index contributed by atoms with van der Waals surface area (Å²) >= 11 is 0. The fourth-order valence-electron chi connectivity index (χ4n) is 8.06. The lowest BCUT2D eigenvalue weighted by Gasteiger charge is -2.35. The molecule has 0 amide bonds. The number of hydrogen-bond acceptors (Lipinski definition) is 3. The van der Waals surface area contributed by atoms with E-state index in [0.29, 0.717) is 46.2 Å². The van der Waals surface area contributed by atoms with Crippen LogP contribution in [0, 0.1) is 0 Å². The molecule has 0 saturated carbocycles. The van der Waals surface area contributed by atoms with Crippen molar-refractivity contribution in [1.82, 2.24) is 0 Å². The van der Waals surface area contributed by atoms with Gasteiger partial charge in [0.05, 0.1) is 11.1 Å². The average Bonchev–Trinajstić information content (AvgIpc) is 3.31. The van der Waals surface area contributed by atoms with E-state index in [2.05, 4.69) is 27.7 Å². The van der Waals surface area contributed by atoms with Crippen LogP contribution in [0.15, 0.2) is 72.8 Å². The van der Waals surface area contributed by atoms with E-state index >= 15 is 0 Å². The largest absolute Gasteiger partial charge is 0.584 e. The van der Waals surface area contributed by atoms with Gasteiger partial charge in [0.25, 0.3) is 0 Å². The van der Waals surface area contributed by atoms with E-state index in [-0.39, 0.29) is 11.5 Å². The van der Waals surface area contributed by atoms with Crippen molar-refractivity contribution in [1.29, 1.82) is 0 Å². The SMILES string of the molecule is CC1(C)CC23CC(C)(C)c4ccc(-c5ccc(C(F)(F)F)cc5)c(c42)OP(=O)(O)Oc2c(-c4ccc(C(F)(F)F)cc4)ccc1c23. The lowest BCUT2D eigenvalue weighted by molar-refractivity contribution is -0.138. The third-order valence-electron chi connectivity index (χ3n) is 9.68. The fraction of sp³-hybridized carbons (Fsp3) is 0.314. The van der Waals surface area contributed by atoms with Crippen LogP contribution in [-0.4, -0.2) is 4.89 Å². The maximum Gasteiger partial charge on any atom is 0.584 e. The van der Waals surface area contributed by atoms with Gasteiger partial charge in [-0.05, 0) is 70.2 Å². The van der Waals surface area contributed by atoms with Gasteiger partial charge in [0.15, 0.2) is 0 Å². The Kier molecular flexibility index (Phi) is 6.32. The highest BCUT2D eigenvalue weighted by Gasteiger charge is 2.61. The van der Waals surface area contributed by atoms with Gasteiger partial charge in [-0.25, -0.2) is 4.57 Å². The molecule has 1 N–H and O–H groups in total. The van der Waals surface area contributed by atoms with Crippen molar-refractivity contribution < 1.29 is 44.8 Å². The molecule has 7 rings (SSSR count). The minimum atomic E-state index is -4.97. The summed E-state index contributed by atoms with van der Waals surface area (Å²) in [5.41, 5.74) is 1.09. The Hall–Kier alpha value is -3.75. The predicted octanol–water partition coefficient (Wildman–Crippen LogP) is 10.6. The second-order valence-electron chi connectivity index (χ2n) is 13.7. The van der Waals surface area contributed by atoms with Gasteiger partial charge < -0.3 is 9.05 Å². The van der Waals surface area contributed by atoms with Crippen LogP contribution < -0.4 is 9.05 Å². The lowest BCUT2D eigenvalue weighted by atomic mass is 9.71. The second-order valence-corrected chi connectivity index (χ2v) is 15.0. The van der Waals surface area contributed by atoms with Crippen LogP contribution in [0.1, 0.15) is 73.9 Å². The molecule has 4 aromatic carbocycles. The molecule has 240 valence electrons. The standard InChI is InChI=1S/C35H29F6O4P/c1-31(2)17-33-18-32(3,4)26-16-14-24(20-7-11-22(12-8-20)35(39,40)41)30(28(26)33)45-46(42,43)44-29-23(13-15-25(31)27(29)33)19-5-9-21(10-6-19)34(36,37)38/h5-16H,17-18H2,1-4H3,(H,42,43). The third kappa shape index (κ3) is 4.59. The molecule has 0 bridgehead atoms. The molecule has 46 heavy (non-hydrogen) atoms. The van der Waals surface area contributed by atoms with Crippen molar-refractivity contribution >= 4 is 7.82 Å². The van der Waals surface area contributed by atoms with E-state index < -0.39 is 47.5 Å². The van der Waals surface area contributed by atoms with Crippen LogP contribution in [0.4, 0.5) is 26.3 Å². The van der Waals surface area contributed by atoms with Gasteiger partial charge in [-0.3, -0.25) is 4.89 Å². The number of halogens is 6. The highest BCUT2D eigenvalue weighted by atomic mass is 31.2. The van der Waals surface area contributed by atoms with Crippen LogP contribution in [0.2, 0.25) is 0 Å². The Morgan fingerprint density at radius 1 is 0.609 bits per heavy atom. The topological polar surface area (TPSA) is 55.8 Å². The van der Waals surface area contributed by atoms with Crippen molar-refractivity contribution in [2.24, 2.45) is 0 Å². The first-order valence-electron chi connectivity index (χ1n) is 14.7. The Morgan fingerprint density at radius 2 is 0.957 bits per heavy atom. The molecule has 4 nitrogen and oxygen atoms in total. The van der Waals surface area contributed by atoms with Gasteiger partial charge >= 0.3 is 20.2 Å². The van der Waals surface area contributed by atoms with E-state index in [9.17, 15) is 35.8 Å². The predicted molar refractivity (Wildman–Crippen MR) is 161 cm³/mol. The Labute approximate surface area is 261 Å². The Balaban J connectivity index is 1.53. The van der Waals surface area contributed by atoms with Crippen LogP contribution in [0.25, 0.3) is 22.3 Å². The molecule has 0 radical (unpaired) electrons. The monoisotopic (exact) mass is 658 g/mol. The van der Waals surface area contributed by atoms with Gasteiger partial charge in [-0.2, -0.15) is 26.3 Å². The highest BCUT2D eigenvalue weighted by molar-refractivity contribution is 7.48. The van der Waals surface area contributed by atoms with Crippen LogP contribution in [0.3, 0.4) is 0 Å². The summed E-state index contributed by atoms with van der Waals surface area (Å²) in [5.74, 6) is 0.144. The molecular weight excluding hydrogens is 629 g/mol. The number of benzene rings is 4. The molecule has 11 heteroatoms. The van der Waals surface area contributed by atoms with Crippen molar-refractivity contribution in [3.05, 3.63) is 106 Å². The number of rotatable bonds is 2. The van der Waals surface area contributed by atoms with Gasteiger partial charge in [-0.1, -0.05) is 76.2 Å². The molecule has 0 aromatic heterocycles. The van der Waals surface area contributed by atoms with E-state index in [4.69, 9.17) is 9.05 Å². The molecule has 1 heterocycles. The van der Waals surface area contributed by atoms with Crippen molar-refractivity contribution in [2.45, 2.75) is 69.1 Å². The van der Waals surface area contributed by atoms with Gasteiger partial charge in [0, 0.05) is 27.7 Å². The third-order valence-corrected chi connectivity index (χ3v) is 10.5. The van der Waals surface area contributed by atoms with Gasteiger partial charge in [0.2, 0.25) is 0 Å². The summed E-state index contributed by atoms with van der Waals surface area (Å²) in [6.45, 7) is 8.24. The second kappa shape index (κ2) is 9.41. The highest BCUT2D eigenvalue weighted by Crippen LogP contribution is 2.71. The number of alkyl halides is 6. The minimum Gasteiger partial charge on any atom is -0.394 e. The van der Waals surface area contributed by atoms with Crippen molar-refractivity contribution in [2.75, 3.05) is 0 Å². The molecular formula is C35H29F6O4P.